The van der Waals surface area contributed by atoms with E-state index in [9.17, 15) is 18.5 Å². The van der Waals surface area contributed by atoms with Crippen LogP contribution in [0.3, 0.4) is 0 Å². The summed E-state index contributed by atoms with van der Waals surface area (Å²) in [6.45, 7) is 4.06. The van der Waals surface area contributed by atoms with E-state index in [-0.39, 0.29) is 16.3 Å². The lowest BCUT2D eigenvalue weighted by Gasteiger charge is -2.31. The number of nitrogens with one attached hydrogen (secondary N) is 1. The van der Waals surface area contributed by atoms with Gasteiger partial charge in [0.05, 0.1) is 9.82 Å². The second-order valence-electron chi connectivity index (χ2n) is 6.38. The number of fused-ring (bicyclic) bond motifs is 1. The normalized spacial score (nSPS) is 23.1. The molecule has 0 aromatic heterocycles. The molecule has 0 saturated heterocycles. The third-order valence-corrected chi connectivity index (χ3v) is 7.04. The van der Waals surface area contributed by atoms with Gasteiger partial charge in [-0.25, -0.2) is 8.42 Å². The molecule has 0 unspecified atom stereocenters. The van der Waals surface area contributed by atoms with Crippen LogP contribution in [0.15, 0.2) is 40.3 Å². The molecule has 1 N–H and O–H groups in total. The van der Waals surface area contributed by atoms with Crippen molar-refractivity contribution in [2.75, 3.05) is 18.5 Å². The first kappa shape index (κ1) is 18.5. The first-order valence-corrected chi connectivity index (χ1v) is 10.1. The van der Waals surface area contributed by atoms with Crippen LogP contribution >= 0.6 is 0 Å². The van der Waals surface area contributed by atoms with Crippen LogP contribution in [0.1, 0.15) is 26.7 Å². The van der Waals surface area contributed by atoms with Crippen LogP contribution in [-0.2, 0) is 10.0 Å². The van der Waals surface area contributed by atoms with Crippen molar-refractivity contribution in [3.05, 3.63) is 40.5 Å². The van der Waals surface area contributed by atoms with Crippen molar-refractivity contribution in [2.24, 2.45) is 16.9 Å². The molecule has 3 rings (SSSR count). The quantitative estimate of drug-likeness (QED) is 0.446. The van der Waals surface area contributed by atoms with Gasteiger partial charge in [-0.05, 0) is 30.9 Å². The van der Waals surface area contributed by atoms with E-state index < -0.39 is 14.9 Å². The largest absolute Gasteiger partial charge is 0.295 e. The maximum absolute atomic E-state index is 12.6. The molecule has 0 radical (unpaired) electrons. The smallest absolute Gasteiger partial charge is 0.272 e. The summed E-state index contributed by atoms with van der Waals surface area (Å²) in [6.07, 6.45) is 6.12. The molecule has 0 amide bonds. The highest BCUT2D eigenvalue weighted by molar-refractivity contribution is 7.89. The van der Waals surface area contributed by atoms with Crippen LogP contribution in [0.25, 0.3) is 0 Å². The molecule has 1 aromatic carbocycles. The minimum atomic E-state index is -3.75. The summed E-state index contributed by atoms with van der Waals surface area (Å²) in [6, 6.07) is 3.88. The summed E-state index contributed by atoms with van der Waals surface area (Å²) in [5.74, 6) is 0.927. The summed E-state index contributed by atoms with van der Waals surface area (Å²) < 4.78 is 26.4. The molecule has 8 nitrogen and oxygen atoms in total. The van der Waals surface area contributed by atoms with E-state index in [1.807, 2.05) is 0 Å². The van der Waals surface area contributed by atoms with E-state index in [0.29, 0.717) is 24.9 Å². The zero-order valence-electron chi connectivity index (χ0n) is 14.8. The van der Waals surface area contributed by atoms with E-state index >= 15 is 0 Å². The molecule has 26 heavy (non-hydrogen) atoms. The Balaban J connectivity index is 1.86. The average Bonchev–Trinajstić information content (AvgIpc) is 2.96. The molecule has 140 valence electrons. The first-order chi connectivity index (χ1) is 12.4. The van der Waals surface area contributed by atoms with Crippen LogP contribution < -0.4 is 5.43 Å². The zero-order valence-corrected chi connectivity index (χ0v) is 15.6. The molecule has 0 spiro atoms. The molecular weight excluding hydrogens is 356 g/mol. The van der Waals surface area contributed by atoms with Gasteiger partial charge in [-0.1, -0.05) is 26.0 Å². The number of nitro groups is 1. The third-order valence-electron chi connectivity index (χ3n) is 4.99. The Morgan fingerprint density at radius 3 is 2.69 bits per heavy atom. The van der Waals surface area contributed by atoms with Gasteiger partial charge in [0.15, 0.2) is 0 Å². The Morgan fingerprint density at radius 2 is 2.08 bits per heavy atom. The lowest BCUT2D eigenvalue weighted by Crippen LogP contribution is -2.33. The van der Waals surface area contributed by atoms with Gasteiger partial charge in [-0.3, -0.25) is 15.5 Å². The highest BCUT2D eigenvalue weighted by atomic mass is 32.2. The monoisotopic (exact) mass is 378 g/mol. The lowest BCUT2D eigenvalue weighted by atomic mass is 9.74. The Hall–Kier alpha value is -2.26. The molecule has 2 aliphatic carbocycles. The SMILES string of the molecule is CCN(CC)S(=O)(=O)c1ccc(N/N=C2/C[C@@H]3C=CC[C@@H]23)c([N+](=O)[O-])c1. The maximum atomic E-state index is 12.6. The number of anilines is 1. The molecule has 0 aliphatic heterocycles. The van der Waals surface area contributed by atoms with Gasteiger partial charge in [0, 0.05) is 30.8 Å². The van der Waals surface area contributed by atoms with E-state index in [0.717, 1.165) is 24.6 Å². The molecule has 0 heterocycles. The molecular formula is C17H22N4O4S. The molecule has 1 fully saturated rings. The van der Waals surface area contributed by atoms with Crippen LogP contribution in [0.4, 0.5) is 11.4 Å². The van der Waals surface area contributed by atoms with Gasteiger partial charge < -0.3 is 0 Å². The van der Waals surface area contributed by atoms with E-state index in [4.69, 9.17) is 0 Å². The predicted octanol–water partition coefficient (Wildman–Crippen LogP) is 2.99. The van der Waals surface area contributed by atoms with Crippen LogP contribution in [0, 0.1) is 22.0 Å². The van der Waals surface area contributed by atoms with Gasteiger partial charge in [-0.15, -0.1) is 0 Å². The van der Waals surface area contributed by atoms with E-state index in [2.05, 4.69) is 22.7 Å². The lowest BCUT2D eigenvalue weighted by molar-refractivity contribution is -0.384. The fourth-order valence-electron chi connectivity index (χ4n) is 3.43. The number of hydrogen-bond donors (Lipinski definition) is 1. The van der Waals surface area contributed by atoms with Gasteiger partial charge in [0.1, 0.15) is 5.69 Å². The summed E-state index contributed by atoms with van der Waals surface area (Å²) in [4.78, 5) is 10.7. The third kappa shape index (κ3) is 3.24. The topological polar surface area (TPSA) is 105 Å². The van der Waals surface area contributed by atoms with Crippen molar-refractivity contribution < 1.29 is 13.3 Å². The van der Waals surface area contributed by atoms with Crippen molar-refractivity contribution in [1.82, 2.24) is 4.31 Å². The molecule has 1 aromatic rings. The van der Waals surface area contributed by atoms with Gasteiger partial charge in [-0.2, -0.15) is 9.41 Å². The van der Waals surface area contributed by atoms with Crippen LogP contribution in [-0.4, -0.2) is 36.4 Å². The number of rotatable bonds is 7. The van der Waals surface area contributed by atoms with Gasteiger partial charge in [0.25, 0.3) is 5.69 Å². The predicted molar refractivity (Wildman–Crippen MR) is 99.6 cm³/mol. The molecule has 1 saturated carbocycles. The van der Waals surface area contributed by atoms with Crippen molar-refractivity contribution in [3.8, 4) is 0 Å². The number of allylic oxidation sites excluding steroid dienone is 2. The standard InChI is InChI=1S/C17H22N4O4S/c1-3-20(4-2)26(24,25)13-8-9-15(17(11-13)21(22)23)18-19-16-10-12-6-5-7-14(12)16/h5-6,8-9,11-12,14,18H,3-4,7,10H2,1-2H3/b19-16-/t12-,14+/m0/s1. The second kappa shape index (κ2) is 7.16. The number of nitrogens with zero attached hydrogens (tertiary/aromatic N) is 3. The van der Waals surface area contributed by atoms with Crippen molar-refractivity contribution >= 4 is 27.1 Å². The number of benzene rings is 1. The zero-order chi connectivity index (χ0) is 18.9. The number of sulfonamides is 1. The van der Waals surface area contributed by atoms with Gasteiger partial charge >= 0.3 is 0 Å². The van der Waals surface area contributed by atoms with Crippen molar-refractivity contribution in [3.63, 3.8) is 0 Å². The first-order valence-electron chi connectivity index (χ1n) is 8.66. The summed E-state index contributed by atoms with van der Waals surface area (Å²) in [5, 5.41) is 15.7. The Labute approximate surface area is 152 Å². The number of hydrogen-bond acceptors (Lipinski definition) is 6. The minimum absolute atomic E-state index is 0.0881. The molecule has 2 atom stereocenters. The number of hydrazone groups is 1. The summed E-state index contributed by atoms with van der Waals surface area (Å²) in [5.41, 5.74) is 3.64. The second-order valence-corrected chi connectivity index (χ2v) is 8.32. The average molecular weight is 378 g/mol. The fraction of sp³-hybridized carbons (Fsp3) is 0.471. The van der Waals surface area contributed by atoms with Crippen molar-refractivity contribution in [1.29, 1.82) is 0 Å². The van der Waals surface area contributed by atoms with Gasteiger partial charge in [0.2, 0.25) is 10.0 Å². The van der Waals surface area contributed by atoms with Crippen LogP contribution in [0.2, 0.25) is 0 Å². The summed E-state index contributed by atoms with van der Waals surface area (Å²) >= 11 is 0. The molecule has 2 aliphatic rings. The van der Waals surface area contributed by atoms with E-state index in [1.54, 1.807) is 13.8 Å². The highest BCUT2D eigenvalue weighted by Gasteiger charge is 2.38. The van der Waals surface area contributed by atoms with E-state index in [1.165, 1.54) is 16.4 Å². The minimum Gasteiger partial charge on any atom is -0.272 e. The van der Waals surface area contributed by atoms with Crippen LogP contribution in [0.5, 0.6) is 0 Å². The molecule has 9 heteroatoms. The number of nitro benzene ring substituents is 1. The summed E-state index contributed by atoms with van der Waals surface area (Å²) in [7, 11) is -3.75. The highest BCUT2D eigenvalue weighted by Crippen LogP contribution is 2.40. The maximum Gasteiger partial charge on any atom is 0.295 e. The Kier molecular flexibility index (Phi) is 5.10. The fourth-order valence-corrected chi connectivity index (χ4v) is 4.90. The molecule has 0 bridgehead atoms. The Bertz CT molecular complexity index is 875. The van der Waals surface area contributed by atoms with Crippen molar-refractivity contribution in [2.45, 2.75) is 31.6 Å². The Morgan fingerprint density at radius 1 is 1.35 bits per heavy atom.